The van der Waals surface area contributed by atoms with E-state index in [-0.39, 0.29) is 5.69 Å². The normalized spacial score (nSPS) is 19.4. The molecule has 2 heterocycles. The molecule has 0 saturated carbocycles. The van der Waals surface area contributed by atoms with Crippen LogP contribution < -0.4 is 5.32 Å². The fraction of sp³-hybridized carbons (Fsp3) is 0.583. The van der Waals surface area contributed by atoms with Crippen molar-refractivity contribution in [3.05, 3.63) is 17.8 Å². The van der Waals surface area contributed by atoms with Gasteiger partial charge in [0.1, 0.15) is 5.82 Å². The molecule has 0 aliphatic carbocycles. The molecule has 1 unspecified atom stereocenters. The van der Waals surface area contributed by atoms with E-state index < -0.39 is 5.97 Å². The van der Waals surface area contributed by atoms with E-state index in [9.17, 15) is 4.79 Å². The SMILES string of the molecule is O=C(O)c1ccc(NCCC2CCCCO2)nn1. The van der Waals surface area contributed by atoms with Crippen molar-refractivity contribution in [3.8, 4) is 0 Å². The van der Waals surface area contributed by atoms with Crippen LogP contribution in [0.3, 0.4) is 0 Å². The molecule has 1 aromatic rings. The van der Waals surface area contributed by atoms with Crippen molar-refractivity contribution in [1.29, 1.82) is 0 Å². The summed E-state index contributed by atoms with van der Waals surface area (Å²) in [7, 11) is 0. The Morgan fingerprint density at radius 2 is 2.33 bits per heavy atom. The van der Waals surface area contributed by atoms with Crippen molar-refractivity contribution in [2.75, 3.05) is 18.5 Å². The molecule has 6 heteroatoms. The molecule has 98 valence electrons. The summed E-state index contributed by atoms with van der Waals surface area (Å²) in [5.41, 5.74) is -0.0452. The van der Waals surface area contributed by atoms with Crippen LogP contribution in [0.15, 0.2) is 12.1 Å². The van der Waals surface area contributed by atoms with Crippen LogP contribution >= 0.6 is 0 Å². The Bertz CT molecular complexity index is 388. The third kappa shape index (κ3) is 3.66. The molecule has 1 atom stereocenters. The van der Waals surface area contributed by atoms with Crippen molar-refractivity contribution in [3.63, 3.8) is 0 Å². The van der Waals surface area contributed by atoms with Crippen LogP contribution in [0.2, 0.25) is 0 Å². The molecule has 0 aromatic carbocycles. The highest BCUT2D eigenvalue weighted by molar-refractivity contribution is 5.85. The Kier molecular flexibility index (Phi) is 4.46. The van der Waals surface area contributed by atoms with Gasteiger partial charge in [0.25, 0.3) is 0 Å². The molecule has 0 spiro atoms. The number of aromatic carboxylic acids is 1. The zero-order chi connectivity index (χ0) is 12.8. The van der Waals surface area contributed by atoms with E-state index in [1.165, 1.54) is 12.5 Å². The summed E-state index contributed by atoms with van der Waals surface area (Å²) in [6.07, 6.45) is 4.77. The monoisotopic (exact) mass is 251 g/mol. The molecule has 1 aliphatic heterocycles. The number of carboxylic acids is 1. The van der Waals surface area contributed by atoms with Gasteiger partial charge >= 0.3 is 5.97 Å². The number of carboxylic acid groups (broad SMARTS) is 1. The summed E-state index contributed by atoms with van der Waals surface area (Å²) >= 11 is 0. The van der Waals surface area contributed by atoms with E-state index in [1.807, 2.05) is 0 Å². The molecule has 0 amide bonds. The average Bonchev–Trinajstić information content (AvgIpc) is 2.40. The molecule has 1 aromatic heterocycles. The summed E-state index contributed by atoms with van der Waals surface area (Å²) in [5, 5.41) is 19.2. The number of hydrogen-bond acceptors (Lipinski definition) is 5. The highest BCUT2D eigenvalue weighted by Gasteiger charge is 2.13. The Hall–Kier alpha value is -1.69. The molecule has 6 nitrogen and oxygen atoms in total. The van der Waals surface area contributed by atoms with Gasteiger partial charge in [-0.15, -0.1) is 10.2 Å². The van der Waals surface area contributed by atoms with E-state index in [4.69, 9.17) is 9.84 Å². The fourth-order valence-corrected chi connectivity index (χ4v) is 1.94. The summed E-state index contributed by atoms with van der Waals surface area (Å²) < 4.78 is 5.61. The minimum absolute atomic E-state index is 0.0452. The minimum atomic E-state index is -1.07. The standard InChI is InChI=1S/C12H17N3O3/c16-12(17)10-4-5-11(15-14-10)13-7-6-9-3-1-2-8-18-9/h4-5,9H,1-3,6-8H2,(H,13,15)(H,16,17). The number of aromatic nitrogens is 2. The van der Waals surface area contributed by atoms with Gasteiger partial charge < -0.3 is 15.2 Å². The summed E-state index contributed by atoms with van der Waals surface area (Å²) in [5.74, 6) is -0.472. The Morgan fingerprint density at radius 1 is 1.44 bits per heavy atom. The maximum absolute atomic E-state index is 10.6. The predicted molar refractivity (Wildman–Crippen MR) is 65.7 cm³/mol. The number of nitrogens with one attached hydrogen (secondary N) is 1. The van der Waals surface area contributed by atoms with Crippen LogP contribution in [-0.2, 0) is 4.74 Å². The number of hydrogen-bond donors (Lipinski definition) is 2. The Morgan fingerprint density at radius 3 is 2.94 bits per heavy atom. The number of anilines is 1. The van der Waals surface area contributed by atoms with Gasteiger partial charge in [0.15, 0.2) is 5.69 Å². The van der Waals surface area contributed by atoms with Crippen LogP contribution in [0.4, 0.5) is 5.82 Å². The lowest BCUT2D eigenvalue weighted by Gasteiger charge is -2.22. The number of ether oxygens (including phenoxy) is 1. The first kappa shape index (κ1) is 12.8. The quantitative estimate of drug-likeness (QED) is 0.825. The molecular formula is C12H17N3O3. The third-order valence-electron chi connectivity index (χ3n) is 2.93. The van der Waals surface area contributed by atoms with Gasteiger partial charge in [-0.1, -0.05) is 0 Å². The highest BCUT2D eigenvalue weighted by Crippen LogP contribution is 2.15. The first-order chi connectivity index (χ1) is 8.75. The number of nitrogens with zero attached hydrogens (tertiary/aromatic N) is 2. The molecule has 0 radical (unpaired) electrons. The van der Waals surface area contributed by atoms with Crippen molar-refractivity contribution < 1.29 is 14.6 Å². The van der Waals surface area contributed by atoms with Crippen LogP contribution in [0, 0.1) is 0 Å². The zero-order valence-electron chi connectivity index (χ0n) is 10.1. The summed E-state index contributed by atoms with van der Waals surface area (Å²) in [6, 6.07) is 3.06. The molecule has 2 rings (SSSR count). The maximum Gasteiger partial charge on any atom is 0.356 e. The summed E-state index contributed by atoms with van der Waals surface area (Å²) in [4.78, 5) is 10.6. The molecule has 2 N–H and O–H groups in total. The topological polar surface area (TPSA) is 84.3 Å². The lowest BCUT2D eigenvalue weighted by molar-refractivity contribution is 0.0134. The van der Waals surface area contributed by atoms with Crippen LogP contribution in [0.5, 0.6) is 0 Å². The molecule has 18 heavy (non-hydrogen) atoms. The van der Waals surface area contributed by atoms with Gasteiger partial charge in [0, 0.05) is 13.2 Å². The first-order valence-electron chi connectivity index (χ1n) is 6.18. The van der Waals surface area contributed by atoms with E-state index in [0.717, 1.165) is 32.4 Å². The average molecular weight is 251 g/mol. The fourth-order valence-electron chi connectivity index (χ4n) is 1.94. The van der Waals surface area contributed by atoms with E-state index in [2.05, 4.69) is 15.5 Å². The zero-order valence-corrected chi connectivity index (χ0v) is 10.1. The van der Waals surface area contributed by atoms with Gasteiger partial charge in [-0.2, -0.15) is 0 Å². The van der Waals surface area contributed by atoms with Gasteiger partial charge in [-0.3, -0.25) is 0 Å². The Labute approximate surface area is 105 Å². The molecule has 1 aliphatic rings. The Balaban J connectivity index is 1.74. The van der Waals surface area contributed by atoms with Gasteiger partial charge in [0.05, 0.1) is 6.10 Å². The van der Waals surface area contributed by atoms with E-state index >= 15 is 0 Å². The van der Waals surface area contributed by atoms with Gasteiger partial charge in [-0.25, -0.2) is 4.79 Å². The second-order valence-corrected chi connectivity index (χ2v) is 4.31. The van der Waals surface area contributed by atoms with Crippen molar-refractivity contribution in [2.45, 2.75) is 31.8 Å². The third-order valence-corrected chi connectivity index (χ3v) is 2.93. The maximum atomic E-state index is 10.6. The van der Waals surface area contributed by atoms with Crippen molar-refractivity contribution in [2.24, 2.45) is 0 Å². The van der Waals surface area contributed by atoms with Crippen LogP contribution in [0.25, 0.3) is 0 Å². The first-order valence-corrected chi connectivity index (χ1v) is 6.18. The second kappa shape index (κ2) is 6.30. The molecular weight excluding hydrogens is 234 g/mol. The second-order valence-electron chi connectivity index (χ2n) is 4.31. The van der Waals surface area contributed by atoms with E-state index in [0.29, 0.717) is 11.9 Å². The lowest BCUT2D eigenvalue weighted by atomic mass is 10.1. The van der Waals surface area contributed by atoms with Crippen molar-refractivity contribution in [1.82, 2.24) is 10.2 Å². The van der Waals surface area contributed by atoms with Crippen LogP contribution in [0.1, 0.15) is 36.2 Å². The predicted octanol–water partition coefficient (Wildman–Crippen LogP) is 1.55. The van der Waals surface area contributed by atoms with Gasteiger partial charge in [0.2, 0.25) is 0 Å². The largest absolute Gasteiger partial charge is 0.476 e. The minimum Gasteiger partial charge on any atom is -0.476 e. The molecule has 1 saturated heterocycles. The smallest absolute Gasteiger partial charge is 0.356 e. The van der Waals surface area contributed by atoms with Crippen molar-refractivity contribution >= 4 is 11.8 Å². The van der Waals surface area contributed by atoms with E-state index in [1.54, 1.807) is 6.07 Å². The van der Waals surface area contributed by atoms with Crippen LogP contribution in [-0.4, -0.2) is 40.5 Å². The highest BCUT2D eigenvalue weighted by atomic mass is 16.5. The number of carbonyl (C=O) groups is 1. The lowest BCUT2D eigenvalue weighted by Crippen LogP contribution is -2.22. The molecule has 0 bridgehead atoms. The summed E-state index contributed by atoms with van der Waals surface area (Å²) in [6.45, 7) is 1.61. The molecule has 1 fully saturated rings. The number of rotatable bonds is 5. The van der Waals surface area contributed by atoms with Gasteiger partial charge in [-0.05, 0) is 37.8 Å².